The molecule has 10 heteroatoms. The van der Waals surface area contributed by atoms with Crippen molar-refractivity contribution in [2.75, 3.05) is 7.11 Å². The summed E-state index contributed by atoms with van der Waals surface area (Å²) >= 11 is 0. The van der Waals surface area contributed by atoms with Crippen molar-refractivity contribution in [3.8, 4) is 5.75 Å². The van der Waals surface area contributed by atoms with Crippen LogP contribution in [0.2, 0.25) is 0 Å². The van der Waals surface area contributed by atoms with Crippen molar-refractivity contribution < 1.29 is 40.6 Å². The molecule has 0 spiro atoms. The molecule has 20 heavy (non-hydrogen) atoms. The molecule has 0 bridgehead atoms. The van der Waals surface area contributed by atoms with Gasteiger partial charge in [0.15, 0.2) is 11.6 Å². The van der Waals surface area contributed by atoms with E-state index >= 15 is 0 Å². The van der Waals surface area contributed by atoms with Crippen LogP contribution in [-0.2, 0) is 16.0 Å². The number of hydrogen-bond acceptors (Lipinski definition) is 4. The molecule has 0 amide bonds. The van der Waals surface area contributed by atoms with Crippen LogP contribution in [0.3, 0.4) is 0 Å². The van der Waals surface area contributed by atoms with E-state index in [0.717, 1.165) is 7.11 Å². The lowest BCUT2D eigenvalue weighted by atomic mass is 10.2. The Morgan fingerprint density at radius 3 is 2.45 bits per heavy atom. The Morgan fingerprint density at radius 1 is 1.40 bits per heavy atom. The molecule has 0 atom stereocenters. The minimum Gasteiger partial charge on any atom is -0.469 e. The van der Waals surface area contributed by atoms with Crippen molar-refractivity contribution >= 4 is 5.97 Å². The van der Waals surface area contributed by atoms with E-state index in [1.165, 1.54) is 0 Å². The lowest BCUT2D eigenvalue weighted by molar-refractivity contribution is -0.276. The van der Waals surface area contributed by atoms with Gasteiger partial charge in [-0.25, -0.2) is 13.2 Å². The topological polar surface area (TPSA) is 48.4 Å². The molecule has 0 unspecified atom stereocenters. The highest BCUT2D eigenvalue weighted by molar-refractivity contribution is 5.72. The zero-order valence-electron chi connectivity index (χ0n) is 9.80. The minimum absolute atomic E-state index is 0.335. The van der Waals surface area contributed by atoms with E-state index in [1.54, 1.807) is 0 Å². The lowest BCUT2D eigenvalue weighted by Gasteiger charge is -2.14. The lowest BCUT2D eigenvalue weighted by Crippen LogP contribution is -2.21. The van der Waals surface area contributed by atoms with E-state index in [9.17, 15) is 31.1 Å². The molecule has 0 saturated carbocycles. The fourth-order valence-corrected chi connectivity index (χ4v) is 1.23. The Morgan fingerprint density at radius 2 is 2.00 bits per heavy atom. The second kappa shape index (κ2) is 5.97. The van der Waals surface area contributed by atoms with Crippen LogP contribution in [0, 0.1) is 5.82 Å². The van der Waals surface area contributed by atoms with Crippen molar-refractivity contribution in [3.05, 3.63) is 23.3 Å². The zero-order valence-corrected chi connectivity index (χ0v) is 9.80. The van der Waals surface area contributed by atoms with Gasteiger partial charge in [-0.1, -0.05) is 0 Å². The Kier molecular flexibility index (Phi) is 4.79. The zero-order chi connectivity index (χ0) is 15.5. The second-order valence-corrected chi connectivity index (χ2v) is 3.40. The van der Waals surface area contributed by atoms with Crippen LogP contribution in [-0.4, -0.2) is 24.4 Å². The summed E-state index contributed by atoms with van der Waals surface area (Å²) in [5.74, 6) is -4.53. The molecule has 0 aromatic carbocycles. The van der Waals surface area contributed by atoms with E-state index in [2.05, 4.69) is 14.5 Å². The standard InChI is InChI=1S/C10H7F6NO3/c1-19-6(18)2-5-8(20-10(14,15)16)7(11)4(3-17-5)9(12)13/h3,9H,2H2,1H3. The third-order valence-electron chi connectivity index (χ3n) is 2.07. The summed E-state index contributed by atoms with van der Waals surface area (Å²) in [5.41, 5.74) is -2.16. The average Bonchev–Trinajstić information content (AvgIpc) is 2.31. The van der Waals surface area contributed by atoms with Gasteiger partial charge in [0.1, 0.15) is 0 Å². The Hall–Kier alpha value is -2.00. The molecule has 1 aromatic heterocycles. The monoisotopic (exact) mass is 303 g/mol. The molecular formula is C10H7F6NO3. The normalized spacial score (nSPS) is 11.6. The van der Waals surface area contributed by atoms with Crippen LogP contribution in [0.4, 0.5) is 26.3 Å². The molecule has 0 N–H and O–H groups in total. The number of esters is 1. The van der Waals surface area contributed by atoms with Crippen LogP contribution in [0.25, 0.3) is 0 Å². The van der Waals surface area contributed by atoms with Crippen LogP contribution < -0.4 is 4.74 Å². The molecule has 1 aromatic rings. The van der Waals surface area contributed by atoms with Gasteiger partial charge in [0.25, 0.3) is 6.43 Å². The number of ether oxygens (including phenoxy) is 2. The molecule has 0 aliphatic carbocycles. The molecule has 4 nitrogen and oxygen atoms in total. The molecule has 0 saturated heterocycles. The van der Waals surface area contributed by atoms with Crippen molar-refractivity contribution in [3.63, 3.8) is 0 Å². The number of hydrogen-bond donors (Lipinski definition) is 0. The second-order valence-electron chi connectivity index (χ2n) is 3.40. The Labute approximate surface area is 108 Å². The largest absolute Gasteiger partial charge is 0.573 e. The number of carbonyl (C=O) groups is 1. The van der Waals surface area contributed by atoms with Gasteiger partial charge in [-0.2, -0.15) is 0 Å². The van der Waals surface area contributed by atoms with Gasteiger partial charge in [-0.3, -0.25) is 9.78 Å². The maximum absolute atomic E-state index is 13.6. The Bertz CT molecular complexity index is 503. The molecule has 112 valence electrons. The van der Waals surface area contributed by atoms with E-state index < -0.39 is 48.0 Å². The van der Waals surface area contributed by atoms with Gasteiger partial charge in [0.05, 0.1) is 24.8 Å². The highest BCUT2D eigenvalue weighted by Crippen LogP contribution is 2.33. The van der Waals surface area contributed by atoms with Crippen molar-refractivity contribution in [2.24, 2.45) is 0 Å². The maximum Gasteiger partial charge on any atom is 0.573 e. The predicted octanol–water partition coefficient (Wildman–Crippen LogP) is 2.77. The summed E-state index contributed by atoms with van der Waals surface area (Å²) in [6.45, 7) is 0. The third kappa shape index (κ3) is 4.00. The van der Waals surface area contributed by atoms with Gasteiger partial charge in [0, 0.05) is 6.20 Å². The van der Waals surface area contributed by atoms with Crippen molar-refractivity contribution in [1.29, 1.82) is 0 Å². The first-order chi connectivity index (χ1) is 9.15. The summed E-state index contributed by atoms with van der Waals surface area (Å²) in [6, 6.07) is 0. The quantitative estimate of drug-likeness (QED) is 0.634. The number of methoxy groups -OCH3 is 1. The van der Waals surface area contributed by atoms with Crippen LogP contribution in [0.1, 0.15) is 17.7 Å². The predicted molar refractivity (Wildman–Crippen MR) is 51.6 cm³/mol. The van der Waals surface area contributed by atoms with E-state index in [1.807, 2.05) is 0 Å². The fraction of sp³-hybridized carbons (Fsp3) is 0.400. The fourth-order valence-electron chi connectivity index (χ4n) is 1.23. The maximum atomic E-state index is 13.6. The van der Waals surface area contributed by atoms with E-state index in [0.29, 0.717) is 6.20 Å². The number of nitrogens with zero attached hydrogens (tertiary/aromatic N) is 1. The molecule has 0 fully saturated rings. The third-order valence-corrected chi connectivity index (χ3v) is 2.07. The number of rotatable bonds is 4. The van der Waals surface area contributed by atoms with Gasteiger partial charge < -0.3 is 9.47 Å². The summed E-state index contributed by atoms with van der Waals surface area (Å²) in [5, 5.41) is 0. The smallest absolute Gasteiger partial charge is 0.469 e. The number of halogens is 6. The van der Waals surface area contributed by atoms with Crippen molar-refractivity contribution in [2.45, 2.75) is 19.2 Å². The van der Waals surface area contributed by atoms with Crippen LogP contribution in [0.15, 0.2) is 6.20 Å². The summed E-state index contributed by atoms with van der Waals surface area (Å²) < 4.78 is 82.2. The Balaban J connectivity index is 3.29. The van der Waals surface area contributed by atoms with Gasteiger partial charge in [-0.05, 0) is 0 Å². The van der Waals surface area contributed by atoms with E-state index in [4.69, 9.17) is 0 Å². The minimum atomic E-state index is -5.33. The van der Waals surface area contributed by atoms with E-state index in [-0.39, 0.29) is 0 Å². The first-order valence-electron chi connectivity index (χ1n) is 4.93. The van der Waals surface area contributed by atoms with Gasteiger partial charge in [0.2, 0.25) is 0 Å². The summed E-state index contributed by atoms with van der Waals surface area (Å²) in [7, 11) is 0.941. The number of aromatic nitrogens is 1. The molecule has 0 radical (unpaired) electrons. The molecular weight excluding hydrogens is 296 g/mol. The number of carbonyl (C=O) groups excluding carboxylic acids is 1. The van der Waals surface area contributed by atoms with Crippen LogP contribution in [0.5, 0.6) is 5.75 Å². The first-order valence-corrected chi connectivity index (χ1v) is 4.93. The summed E-state index contributed by atoms with van der Waals surface area (Å²) in [6.07, 6.45) is -9.23. The molecule has 0 aliphatic rings. The van der Waals surface area contributed by atoms with Crippen molar-refractivity contribution in [1.82, 2.24) is 4.98 Å². The summed E-state index contributed by atoms with van der Waals surface area (Å²) in [4.78, 5) is 14.1. The first kappa shape index (κ1) is 16.1. The number of alkyl halides is 5. The SMILES string of the molecule is COC(=O)Cc1ncc(C(F)F)c(F)c1OC(F)(F)F. The van der Waals surface area contributed by atoms with Crippen LogP contribution >= 0.6 is 0 Å². The average molecular weight is 303 g/mol. The number of pyridine rings is 1. The molecule has 1 rings (SSSR count). The molecule has 0 aliphatic heterocycles. The molecule has 1 heterocycles. The highest BCUT2D eigenvalue weighted by atomic mass is 19.4. The van der Waals surface area contributed by atoms with Gasteiger partial charge >= 0.3 is 12.3 Å². The van der Waals surface area contributed by atoms with Gasteiger partial charge in [-0.15, -0.1) is 13.2 Å². The highest BCUT2D eigenvalue weighted by Gasteiger charge is 2.36.